The van der Waals surface area contributed by atoms with Gasteiger partial charge in [-0.3, -0.25) is 0 Å². The number of nitrogens with zero attached hydrogens (tertiary/aromatic N) is 3. The van der Waals surface area contributed by atoms with Crippen molar-refractivity contribution in [1.82, 2.24) is 21.3 Å². The van der Waals surface area contributed by atoms with E-state index in [-0.39, 0.29) is 18.1 Å². The Morgan fingerprint density at radius 1 is 1.00 bits per heavy atom. The van der Waals surface area contributed by atoms with E-state index in [4.69, 9.17) is 18.7 Å². The lowest BCUT2D eigenvalue weighted by molar-refractivity contribution is 0.0929. The molecule has 1 aliphatic rings. The van der Waals surface area contributed by atoms with E-state index in [0.717, 1.165) is 24.3 Å². The average molecular weight is 386 g/mol. The molecule has 0 bridgehead atoms. The number of hydrogen-bond donors (Lipinski definition) is 2. The highest BCUT2D eigenvalue weighted by Crippen LogP contribution is 2.41. The van der Waals surface area contributed by atoms with Crippen molar-refractivity contribution in [1.29, 1.82) is 0 Å². The van der Waals surface area contributed by atoms with Crippen LogP contribution in [0.1, 0.15) is 24.3 Å². The second kappa shape index (κ2) is 8.13. The summed E-state index contributed by atoms with van der Waals surface area (Å²) >= 11 is 0. The molecular formula is C19H22N4O5. The molecule has 4 rings (SSSR count). The number of hydrogen-bond acceptors (Lipinski definition) is 9. The number of aromatic hydroxyl groups is 1. The highest BCUT2D eigenvalue weighted by molar-refractivity contribution is 5.51. The molecular weight excluding hydrogens is 364 g/mol. The van der Waals surface area contributed by atoms with Crippen molar-refractivity contribution >= 4 is 0 Å². The van der Waals surface area contributed by atoms with Crippen molar-refractivity contribution in [3.8, 4) is 34.7 Å². The van der Waals surface area contributed by atoms with Crippen LogP contribution in [0.15, 0.2) is 41.2 Å². The molecule has 28 heavy (non-hydrogen) atoms. The zero-order valence-corrected chi connectivity index (χ0v) is 15.7. The molecule has 0 unspecified atom stereocenters. The van der Waals surface area contributed by atoms with Gasteiger partial charge >= 0.3 is 0 Å². The van der Waals surface area contributed by atoms with E-state index in [1.54, 1.807) is 14.2 Å². The fourth-order valence-electron chi connectivity index (χ4n) is 3.06. The molecule has 2 heterocycles. The van der Waals surface area contributed by atoms with Crippen LogP contribution in [0.5, 0.6) is 23.3 Å². The van der Waals surface area contributed by atoms with Gasteiger partial charge in [-0.05, 0) is 41.6 Å². The predicted molar refractivity (Wildman–Crippen MR) is 100 cm³/mol. The Kier molecular flexibility index (Phi) is 5.65. The van der Waals surface area contributed by atoms with Gasteiger partial charge in [-0.15, -0.1) is 0 Å². The largest absolute Gasteiger partial charge is 0.497 e. The summed E-state index contributed by atoms with van der Waals surface area (Å²) in [5.74, 6) is 2.57. The minimum atomic E-state index is -0.193. The number of methoxy groups -OCH3 is 2. The van der Waals surface area contributed by atoms with Crippen molar-refractivity contribution in [2.45, 2.75) is 24.9 Å². The lowest BCUT2D eigenvalue weighted by Gasteiger charge is -2.35. The van der Waals surface area contributed by atoms with Crippen LogP contribution in [0, 0.1) is 0 Å². The molecule has 2 aromatic heterocycles. The predicted octanol–water partition coefficient (Wildman–Crippen LogP) is 3.34. The van der Waals surface area contributed by atoms with Gasteiger partial charge in [0.1, 0.15) is 23.3 Å². The normalized spacial score (nSPS) is 17.9. The molecule has 3 aromatic rings. The standard InChI is InChI=1S/C19H19N3O5.H3N/c1-24-13-3-11(4-14(7-13)25-2)12-5-15(6-12)26-19-10-20-16(9-21-19)17-8-18(23)22-27-17;/h3-4,7-10,12,15H,5-6H2,1-2H3,(H,22,23);1H3/t12-,15+;. The molecule has 0 spiro atoms. The Hall–Kier alpha value is -3.33. The maximum absolute atomic E-state index is 9.22. The first kappa shape index (κ1) is 19.4. The summed E-state index contributed by atoms with van der Waals surface area (Å²) in [6, 6.07) is 7.31. The molecule has 4 N–H and O–H groups in total. The molecule has 1 aliphatic carbocycles. The van der Waals surface area contributed by atoms with Crippen LogP contribution in [0.3, 0.4) is 0 Å². The first-order valence-electron chi connectivity index (χ1n) is 8.52. The summed E-state index contributed by atoms with van der Waals surface area (Å²) in [5, 5.41) is 12.6. The van der Waals surface area contributed by atoms with Gasteiger partial charge in [0.2, 0.25) is 5.88 Å². The molecule has 0 atom stereocenters. The smallest absolute Gasteiger partial charge is 0.252 e. The summed E-state index contributed by atoms with van der Waals surface area (Å²) in [6.07, 6.45) is 4.92. The number of benzene rings is 1. The molecule has 0 amide bonds. The maximum Gasteiger partial charge on any atom is 0.252 e. The molecule has 0 radical (unpaired) electrons. The van der Waals surface area contributed by atoms with Crippen molar-refractivity contribution in [3.63, 3.8) is 0 Å². The van der Waals surface area contributed by atoms with Gasteiger partial charge in [-0.25, -0.2) is 9.97 Å². The maximum atomic E-state index is 9.22. The number of rotatable bonds is 6. The van der Waals surface area contributed by atoms with Gasteiger partial charge < -0.3 is 30.0 Å². The van der Waals surface area contributed by atoms with E-state index in [1.807, 2.05) is 18.2 Å². The topological polar surface area (TPSA) is 135 Å². The SMILES string of the molecule is COc1cc(OC)cc([C@H]2C[C@@H](Oc3cnc(-c4cc(O)no4)cn3)C2)c1.N. The minimum absolute atomic E-state index is 0. The van der Waals surface area contributed by atoms with Crippen LogP contribution < -0.4 is 20.4 Å². The lowest BCUT2D eigenvalue weighted by Crippen LogP contribution is -2.32. The van der Waals surface area contributed by atoms with Gasteiger partial charge in [0.25, 0.3) is 5.88 Å². The zero-order valence-electron chi connectivity index (χ0n) is 15.7. The Morgan fingerprint density at radius 3 is 2.25 bits per heavy atom. The first-order valence-corrected chi connectivity index (χ1v) is 8.52. The van der Waals surface area contributed by atoms with E-state index in [0.29, 0.717) is 23.3 Å². The van der Waals surface area contributed by atoms with Crippen LogP contribution in [0.4, 0.5) is 0 Å². The van der Waals surface area contributed by atoms with Crippen molar-refractivity contribution in [2.75, 3.05) is 14.2 Å². The van der Waals surface area contributed by atoms with E-state index in [2.05, 4.69) is 15.1 Å². The van der Waals surface area contributed by atoms with Crippen LogP contribution in [0.25, 0.3) is 11.5 Å². The van der Waals surface area contributed by atoms with Gasteiger partial charge in [-0.2, -0.15) is 0 Å². The summed E-state index contributed by atoms with van der Waals surface area (Å²) in [7, 11) is 3.29. The molecule has 148 valence electrons. The second-order valence-corrected chi connectivity index (χ2v) is 6.34. The minimum Gasteiger partial charge on any atom is -0.497 e. The fraction of sp³-hybridized carbons (Fsp3) is 0.316. The molecule has 9 heteroatoms. The summed E-state index contributed by atoms with van der Waals surface area (Å²) in [6.45, 7) is 0. The lowest BCUT2D eigenvalue weighted by atomic mass is 9.77. The van der Waals surface area contributed by atoms with Crippen molar-refractivity contribution in [3.05, 3.63) is 42.2 Å². The van der Waals surface area contributed by atoms with Gasteiger partial charge in [-0.1, -0.05) is 0 Å². The summed E-state index contributed by atoms with van der Waals surface area (Å²) in [5.41, 5.74) is 1.66. The van der Waals surface area contributed by atoms with Crippen LogP contribution in [-0.2, 0) is 0 Å². The highest BCUT2D eigenvalue weighted by atomic mass is 16.5. The van der Waals surface area contributed by atoms with E-state index in [1.165, 1.54) is 24.0 Å². The van der Waals surface area contributed by atoms with Crippen molar-refractivity contribution < 1.29 is 23.8 Å². The highest BCUT2D eigenvalue weighted by Gasteiger charge is 2.33. The Bertz CT molecular complexity index is 900. The number of aromatic nitrogens is 3. The Morgan fingerprint density at radius 2 is 1.71 bits per heavy atom. The third-order valence-electron chi connectivity index (χ3n) is 4.61. The van der Waals surface area contributed by atoms with E-state index >= 15 is 0 Å². The molecule has 1 saturated carbocycles. The van der Waals surface area contributed by atoms with Crippen LogP contribution >= 0.6 is 0 Å². The molecule has 0 aliphatic heterocycles. The molecule has 1 aromatic carbocycles. The van der Waals surface area contributed by atoms with Gasteiger partial charge in [0, 0.05) is 6.07 Å². The third kappa shape index (κ3) is 3.99. The van der Waals surface area contributed by atoms with Crippen LogP contribution in [-0.4, -0.2) is 40.6 Å². The monoisotopic (exact) mass is 386 g/mol. The van der Waals surface area contributed by atoms with Crippen molar-refractivity contribution in [2.24, 2.45) is 0 Å². The number of ether oxygens (including phenoxy) is 3. The second-order valence-electron chi connectivity index (χ2n) is 6.34. The average Bonchev–Trinajstić information content (AvgIpc) is 3.10. The summed E-state index contributed by atoms with van der Waals surface area (Å²) in [4.78, 5) is 8.48. The quantitative estimate of drug-likeness (QED) is 0.653. The Labute approximate surface area is 161 Å². The van der Waals surface area contributed by atoms with E-state index < -0.39 is 0 Å². The first-order chi connectivity index (χ1) is 13.1. The zero-order chi connectivity index (χ0) is 18.8. The molecule has 0 saturated heterocycles. The Balaban J connectivity index is 0.00000225. The fourth-order valence-corrected chi connectivity index (χ4v) is 3.06. The van der Waals surface area contributed by atoms with Crippen LogP contribution in [0.2, 0.25) is 0 Å². The summed E-state index contributed by atoms with van der Waals surface area (Å²) < 4.78 is 21.5. The third-order valence-corrected chi connectivity index (χ3v) is 4.61. The molecule has 1 fully saturated rings. The molecule has 9 nitrogen and oxygen atoms in total. The van der Waals surface area contributed by atoms with Gasteiger partial charge in [0.15, 0.2) is 5.76 Å². The van der Waals surface area contributed by atoms with Gasteiger partial charge in [0.05, 0.1) is 32.7 Å². The van der Waals surface area contributed by atoms with E-state index in [9.17, 15) is 5.11 Å².